The van der Waals surface area contributed by atoms with E-state index in [1.165, 1.54) is 0 Å². The zero-order valence-electron chi connectivity index (χ0n) is 12.7. The number of fused-ring (bicyclic) bond motifs is 1. The molecule has 0 radical (unpaired) electrons. The van der Waals surface area contributed by atoms with Crippen LogP contribution in [0.4, 0.5) is 0 Å². The van der Waals surface area contributed by atoms with Crippen LogP contribution in [0.2, 0.25) is 0 Å². The van der Waals surface area contributed by atoms with E-state index in [1.807, 2.05) is 0 Å². The van der Waals surface area contributed by atoms with Crippen LogP contribution in [0.25, 0.3) is 0 Å². The normalized spacial score (nSPS) is 31.9. The quantitative estimate of drug-likeness (QED) is 0.745. The molecule has 2 fully saturated rings. The molecular formula is C15H28N2O2. The van der Waals surface area contributed by atoms with Crippen molar-refractivity contribution in [1.29, 1.82) is 0 Å². The van der Waals surface area contributed by atoms with Gasteiger partial charge >= 0.3 is 0 Å². The Labute approximate surface area is 116 Å². The maximum Gasteiger partial charge on any atom is 0.234 e. The molecule has 3 atom stereocenters. The van der Waals surface area contributed by atoms with Gasteiger partial charge in [0.15, 0.2) is 0 Å². The van der Waals surface area contributed by atoms with Gasteiger partial charge in [0.1, 0.15) is 0 Å². The molecular weight excluding hydrogens is 240 g/mol. The SMILES string of the molecule is CCCCNC(=O)CN(C)[C@@H]1[C@H]2CCO[C@@H]2C1(C)C. The lowest BCUT2D eigenvalue weighted by atomic mass is 9.57. The minimum Gasteiger partial charge on any atom is -0.377 e. The first-order valence-electron chi connectivity index (χ1n) is 7.57. The van der Waals surface area contributed by atoms with E-state index in [0.717, 1.165) is 32.4 Å². The Balaban J connectivity index is 1.83. The summed E-state index contributed by atoms with van der Waals surface area (Å²) in [6.45, 7) is 8.83. The molecule has 0 aromatic heterocycles. The van der Waals surface area contributed by atoms with Crippen molar-refractivity contribution in [2.75, 3.05) is 26.7 Å². The van der Waals surface area contributed by atoms with Crippen molar-refractivity contribution in [3.05, 3.63) is 0 Å². The average molecular weight is 268 g/mol. The molecule has 1 amide bonds. The van der Waals surface area contributed by atoms with Gasteiger partial charge in [0.2, 0.25) is 5.91 Å². The number of nitrogens with one attached hydrogen (secondary N) is 1. The van der Waals surface area contributed by atoms with Gasteiger partial charge in [0, 0.05) is 30.5 Å². The van der Waals surface area contributed by atoms with E-state index in [9.17, 15) is 4.79 Å². The van der Waals surface area contributed by atoms with Crippen LogP contribution in [0.1, 0.15) is 40.0 Å². The highest BCUT2D eigenvalue weighted by molar-refractivity contribution is 5.78. The van der Waals surface area contributed by atoms with Gasteiger partial charge in [-0.05, 0) is 19.9 Å². The van der Waals surface area contributed by atoms with Gasteiger partial charge in [-0.25, -0.2) is 0 Å². The molecule has 0 aromatic carbocycles. The van der Waals surface area contributed by atoms with Gasteiger partial charge in [0.25, 0.3) is 0 Å². The maximum absolute atomic E-state index is 11.9. The van der Waals surface area contributed by atoms with Gasteiger partial charge in [-0.2, -0.15) is 0 Å². The molecule has 1 saturated heterocycles. The van der Waals surface area contributed by atoms with Crippen molar-refractivity contribution in [2.24, 2.45) is 11.3 Å². The number of nitrogens with zero attached hydrogens (tertiary/aromatic N) is 1. The van der Waals surface area contributed by atoms with Crippen LogP contribution in [-0.2, 0) is 9.53 Å². The van der Waals surface area contributed by atoms with Gasteiger partial charge in [-0.15, -0.1) is 0 Å². The van der Waals surface area contributed by atoms with Crippen molar-refractivity contribution in [3.63, 3.8) is 0 Å². The average Bonchev–Trinajstić information content (AvgIpc) is 2.75. The highest BCUT2D eigenvalue weighted by atomic mass is 16.5. The Bertz CT molecular complexity index is 330. The Hall–Kier alpha value is -0.610. The van der Waals surface area contributed by atoms with Crippen molar-refractivity contribution >= 4 is 5.91 Å². The Kier molecular flexibility index (Phi) is 4.51. The summed E-state index contributed by atoms with van der Waals surface area (Å²) in [6, 6.07) is 0.469. The molecule has 1 aliphatic heterocycles. The summed E-state index contributed by atoms with van der Waals surface area (Å²) in [5.41, 5.74) is 0.166. The first-order valence-corrected chi connectivity index (χ1v) is 7.57. The summed E-state index contributed by atoms with van der Waals surface area (Å²) in [6.07, 6.45) is 3.71. The monoisotopic (exact) mass is 268 g/mol. The number of carbonyl (C=O) groups is 1. The number of likely N-dealkylation sites (N-methyl/N-ethyl adjacent to an activating group) is 1. The minimum absolute atomic E-state index is 0.147. The first kappa shape index (κ1) is 14.8. The lowest BCUT2D eigenvalue weighted by molar-refractivity contribution is -0.154. The van der Waals surface area contributed by atoms with Crippen molar-refractivity contribution in [1.82, 2.24) is 10.2 Å². The molecule has 0 spiro atoms. The zero-order valence-corrected chi connectivity index (χ0v) is 12.7. The second kappa shape index (κ2) is 5.80. The number of carbonyl (C=O) groups excluding carboxylic acids is 1. The van der Waals surface area contributed by atoms with Gasteiger partial charge < -0.3 is 10.1 Å². The summed E-state index contributed by atoms with van der Waals surface area (Å²) >= 11 is 0. The van der Waals surface area contributed by atoms with Gasteiger partial charge in [-0.1, -0.05) is 27.2 Å². The molecule has 1 heterocycles. The molecule has 1 N–H and O–H groups in total. The number of ether oxygens (including phenoxy) is 1. The lowest BCUT2D eigenvalue weighted by Gasteiger charge is -2.57. The minimum atomic E-state index is 0.147. The molecule has 0 bridgehead atoms. The first-order chi connectivity index (χ1) is 8.98. The molecule has 0 unspecified atom stereocenters. The van der Waals surface area contributed by atoms with E-state index in [-0.39, 0.29) is 11.3 Å². The second-order valence-corrected chi connectivity index (χ2v) is 6.63. The van der Waals surface area contributed by atoms with Crippen LogP contribution < -0.4 is 5.32 Å². The van der Waals surface area contributed by atoms with Crippen molar-refractivity contribution in [3.8, 4) is 0 Å². The van der Waals surface area contributed by atoms with E-state index in [0.29, 0.717) is 24.6 Å². The second-order valence-electron chi connectivity index (χ2n) is 6.63. The number of hydrogen-bond donors (Lipinski definition) is 1. The largest absolute Gasteiger partial charge is 0.377 e. The van der Waals surface area contributed by atoms with Crippen LogP contribution >= 0.6 is 0 Å². The van der Waals surface area contributed by atoms with Crippen LogP contribution in [0.5, 0.6) is 0 Å². The summed E-state index contributed by atoms with van der Waals surface area (Å²) in [5, 5.41) is 2.99. The standard InChI is InChI=1S/C15H28N2O2/c1-5-6-8-16-12(18)10-17(4)13-11-7-9-19-14(11)15(13,2)3/h11,13-14H,5-10H2,1-4H3,(H,16,18)/t11-,13-,14+/m1/s1. The maximum atomic E-state index is 11.9. The Morgan fingerprint density at radius 2 is 2.21 bits per heavy atom. The molecule has 1 saturated carbocycles. The summed E-state index contributed by atoms with van der Waals surface area (Å²) in [4.78, 5) is 14.1. The lowest BCUT2D eigenvalue weighted by Crippen LogP contribution is -2.66. The third-order valence-electron chi connectivity index (χ3n) is 4.76. The van der Waals surface area contributed by atoms with Gasteiger partial charge in [-0.3, -0.25) is 9.69 Å². The van der Waals surface area contributed by atoms with E-state index in [1.54, 1.807) is 0 Å². The highest BCUT2D eigenvalue weighted by Gasteiger charge is 2.60. The fourth-order valence-electron chi connectivity index (χ4n) is 3.98. The van der Waals surface area contributed by atoms with Gasteiger partial charge in [0.05, 0.1) is 12.6 Å². The summed E-state index contributed by atoms with van der Waals surface area (Å²) in [7, 11) is 2.07. The van der Waals surface area contributed by atoms with E-state index >= 15 is 0 Å². The van der Waals surface area contributed by atoms with Crippen molar-refractivity contribution < 1.29 is 9.53 Å². The molecule has 1 aliphatic carbocycles. The molecule has 4 heteroatoms. The number of amides is 1. The van der Waals surface area contributed by atoms with E-state index in [2.05, 4.69) is 38.0 Å². The zero-order chi connectivity index (χ0) is 14.0. The summed E-state index contributed by atoms with van der Waals surface area (Å²) in [5.74, 6) is 0.762. The molecule has 4 nitrogen and oxygen atoms in total. The molecule has 110 valence electrons. The van der Waals surface area contributed by atoms with Crippen LogP contribution in [-0.4, -0.2) is 49.7 Å². The highest BCUT2D eigenvalue weighted by Crippen LogP contribution is 2.54. The number of hydrogen-bond acceptors (Lipinski definition) is 3. The third kappa shape index (κ3) is 2.79. The number of unbranched alkanes of at least 4 members (excludes halogenated alkanes) is 1. The molecule has 19 heavy (non-hydrogen) atoms. The Morgan fingerprint density at radius 1 is 1.47 bits per heavy atom. The van der Waals surface area contributed by atoms with E-state index in [4.69, 9.17) is 4.74 Å². The molecule has 0 aromatic rings. The van der Waals surface area contributed by atoms with Crippen LogP contribution in [0.15, 0.2) is 0 Å². The number of rotatable bonds is 6. The topological polar surface area (TPSA) is 41.6 Å². The van der Waals surface area contributed by atoms with Crippen molar-refractivity contribution in [2.45, 2.75) is 52.2 Å². The Morgan fingerprint density at radius 3 is 2.89 bits per heavy atom. The molecule has 2 aliphatic rings. The predicted octanol–water partition coefficient (Wildman–Crippen LogP) is 1.65. The fourth-order valence-corrected chi connectivity index (χ4v) is 3.98. The predicted molar refractivity (Wildman–Crippen MR) is 76.0 cm³/mol. The van der Waals surface area contributed by atoms with E-state index < -0.39 is 0 Å². The third-order valence-corrected chi connectivity index (χ3v) is 4.76. The summed E-state index contributed by atoms with van der Waals surface area (Å²) < 4.78 is 5.80. The van der Waals surface area contributed by atoms with Crippen LogP contribution in [0, 0.1) is 11.3 Å². The molecule has 2 rings (SSSR count). The van der Waals surface area contributed by atoms with Crippen LogP contribution in [0.3, 0.4) is 0 Å². The smallest absolute Gasteiger partial charge is 0.234 e. The fraction of sp³-hybridized carbons (Fsp3) is 0.933.